The summed E-state index contributed by atoms with van der Waals surface area (Å²) in [6, 6.07) is 13.4. The molecule has 0 radical (unpaired) electrons. The van der Waals surface area contributed by atoms with Crippen molar-refractivity contribution < 1.29 is 18.7 Å². The second-order valence-corrected chi connectivity index (χ2v) is 12.0. The van der Waals surface area contributed by atoms with Crippen LogP contribution >= 0.6 is 0 Å². The molecule has 2 amide bonds. The van der Waals surface area contributed by atoms with Gasteiger partial charge in [0.05, 0.1) is 18.7 Å². The van der Waals surface area contributed by atoms with Gasteiger partial charge >= 0.3 is 0 Å². The summed E-state index contributed by atoms with van der Waals surface area (Å²) in [4.78, 5) is 33.2. The van der Waals surface area contributed by atoms with Gasteiger partial charge in [-0.3, -0.25) is 24.6 Å². The lowest BCUT2D eigenvalue weighted by molar-refractivity contribution is -0.128. The van der Waals surface area contributed by atoms with Crippen LogP contribution in [0.15, 0.2) is 54.7 Å². The first kappa shape index (κ1) is 29.7. The topological polar surface area (TPSA) is 112 Å². The number of carbonyl (C=O) groups excluding carboxylic acids is 2. The number of nitrogens with zero attached hydrogens (tertiary/aromatic N) is 3. The Labute approximate surface area is 256 Å². The fourth-order valence-corrected chi connectivity index (χ4v) is 6.63. The Balaban J connectivity index is 1.19. The molecule has 0 bridgehead atoms. The minimum atomic E-state index is -0.428. The first-order chi connectivity index (χ1) is 21.4. The molecule has 3 heterocycles. The molecule has 2 aromatic carbocycles. The first-order valence-corrected chi connectivity index (χ1v) is 15.4. The maximum Gasteiger partial charge on any atom is 0.251 e. The van der Waals surface area contributed by atoms with Crippen molar-refractivity contribution >= 4 is 22.7 Å². The lowest BCUT2D eigenvalue weighted by atomic mass is 9.95. The average molecular weight is 599 g/mol. The van der Waals surface area contributed by atoms with Gasteiger partial charge in [-0.05, 0) is 81.0 Å². The summed E-state index contributed by atoms with van der Waals surface area (Å²) >= 11 is 0. The molecule has 230 valence electrons. The molecule has 1 saturated heterocycles. The highest BCUT2D eigenvalue weighted by Crippen LogP contribution is 2.30. The zero-order chi connectivity index (χ0) is 30.6. The van der Waals surface area contributed by atoms with E-state index < -0.39 is 6.04 Å². The van der Waals surface area contributed by atoms with E-state index in [4.69, 9.17) is 4.74 Å². The number of methoxy groups -OCH3 is 1. The highest BCUT2D eigenvalue weighted by atomic mass is 19.1. The van der Waals surface area contributed by atoms with Crippen LogP contribution in [0.5, 0.6) is 5.75 Å². The van der Waals surface area contributed by atoms with Crippen molar-refractivity contribution in [3.63, 3.8) is 0 Å². The molecule has 2 aliphatic rings. The summed E-state index contributed by atoms with van der Waals surface area (Å²) in [5.41, 5.74) is 4.32. The van der Waals surface area contributed by atoms with E-state index in [-0.39, 0.29) is 30.2 Å². The molecule has 6 rings (SSSR count). The van der Waals surface area contributed by atoms with Crippen LogP contribution in [0.25, 0.3) is 22.2 Å². The predicted molar refractivity (Wildman–Crippen MR) is 167 cm³/mol. The lowest BCUT2D eigenvalue weighted by Crippen LogP contribution is -2.56. The molecule has 1 aliphatic heterocycles. The number of pyridine rings is 1. The maximum atomic E-state index is 15.0. The van der Waals surface area contributed by atoms with Gasteiger partial charge in [0, 0.05) is 59.6 Å². The number of ether oxygens (including phenoxy) is 1. The minimum absolute atomic E-state index is 0.0405. The molecule has 4 aromatic rings. The summed E-state index contributed by atoms with van der Waals surface area (Å²) in [5, 5.41) is 14.7. The molecule has 9 nitrogen and oxygen atoms in total. The summed E-state index contributed by atoms with van der Waals surface area (Å²) in [6.45, 7) is 3.19. The number of hydrogen-bond acceptors (Lipinski definition) is 6. The van der Waals surface area contributed by atoms with Crippen molar-refractivity contribution in [2.24, 2.45) is 5.92 Å². The molecule has 2 atom stereocenters. The number of fused-ring (bicyclic) bond motifs is 1. The van der Waals surface area contributed by atoms with Gasteiger partial charge in [0.25, 0.3) is 5.91 Å². The first-order valence-electron chi connectivity index (χ1n) is 15.4. The highest BCUT2D eigenvalue weighted by Gasteiger charge is 2.35. The average Bonchev–Trinajstić information content (AvgIpc) is 3.71. The van der Waals surface area contributed by atoms with E-state index in [1.54, 1.807) is 24.4 Å². The zero-order valence-corrected chi connectivity index (χ0v) is 25.2. The largest absolute Gasteiger partial charge is 0.496 e. The van der Waals surface area contributed by atoms with Gasteiger partial charge in [-0.15, -0.1) is 0 Å². The molecular weight excluding hydrogens is 559 g/mol. The van der Waals surface area contributed by atoms with Crippen LogP contribution < -0.4 is 15.4 Å². The van der Waals surface area contributed by atoms with Gasteiger partial charge in [-0.2, -0.15) is 5.10 Å². The lowest BCUT2D eigenvalue weighted by Gasteiger charge is -2.39. The van der Waals surface area contributed by atoms with E-state index in [0.29, 0.717) is 48.7 Å². The Kier molecular flexibility index (Phi) is 8.88. The Bertz CT molecular complexity index is 1650. The van der Waals surface area contributed by atoms with Gasteiger partial charge in [0.2, 0.25) is 5.91 Å². The zero-order valence-electron chi connectivity index (χ0n) is 25.2. The van der Waals surface area contributed by atoms with Crippen molar-refractivity contribution in [3.8, 4) is 17.0 Å². The Morgan fingerprint density at radius 3 is 2.73 bits per heavy atom. The van der Waals surface area contributed by atoms with E-state index >= 15 is 0 Å². The number of aromatic nitrogens is 3. The second-order valence-electron chi connectivity index (χ2n) is 12.0. The Morgan fingerprint density at radius 1 is 1.09 bits per heavy atom. The van der Waals surface area contributed by atoms with E-state index in [1.165, 1.54) is 26.0 Å². The van der Waals surface area contributed by atoms with Crippen LogP contribution in [-0.4, -0.2) is 64.2 Å². The number of aryl methyl sites for hydroxylation is 1. The molecule has 3 N–H and O–H groups in total. The summed E-state index contributed by atoms with van der Waals surface area (Å²) in [6.07, 6.45) is 7.63. The highest BCUT2D eigenvalue weighted by molar-refractivity contribution is 6.01. The van der Waals surface area contributed by atoms with Crippen LogP contribution in [0.3, 0.4) is 0 Å². The molecule has 44 heavy (non-hydrogen) atoms. The van der Waals surface area contributed by atoms with Crippen LogP contribution in [-0.2, 0) is 11.3 Å². The van der Waals surface area contributed by atoms with Crippen molar-refractivity contribution in [1.29, 1.82) is 0 Å². The quantitative estimate of drug-likeness (QED) is 0.246. The number of piperidine rings is 1. The predicted octanol–water partition coefficient (Wildman–Crippen LogP) is 5.15. The van der Waals surface area contributed by atoms with Crippen LogP contribution in [0, 0.1) is 18.7 Å². The number of nitrogens with one attached hydrogen (secondary N) is 3. The summed E-state index contributed by atoms with van der Waals surface area (Å²) < 4.78 is 20.4. The van der Waals surface area contributed by atoms with Gasteiger partial charge in [0.1, 0.15) is 17.3 Å². The fraction of sp³-hybridized carbons (Fsp3) is 0.412. The number of halogens is 1. The number of hydrogen-bond donors (Lipinski definition) is 3. The van der Waals surface area contributed by atoms with Crippen LogP contribution in [0.2, 0.25) is 0 Å². The summed E-state index contributed by atoms with van der Waals surface area (Å²) in [7, 11) is 1.52. The van der Waals surface area contributed by atoms with Crippen molar-refractivity contribution in [3.05, 3.63) is 77.4 Å². The number of carbonyl (C=O) groups is 2. The molecule has 0 unspecified atom stereocenters. The molecule has 0 spiro atoms. The van der Waals surface area contributed by atoms with Crippen molar-refractivity contribution in [2.75, 3.05) is 20.2 Å². The number of amides is 2. The number of benzene rings is 2. The molecule has 1 saturated carbocycles. The van der Waals surface area contributed by atoms with Gasteiger partial charge in [-0.1, -0.05) is 18.9 Å². The van der Waals surface area contributed by atoms with Crippen molar-refractivity contribution in [2.45, 2.75) is 64.1 Å². The van der Waals surface area contributed by atoms with E-state index in [1.807, 2.05) is 36.1 Å². The minimum Gasteiger partial charge on any atom is -0.496 e. The van der Waals surface area contributed by atoms with Crippen LogP contribution in [0.1, 0.15) is 60.1 Å². The summed E-state index contributed by atoms with van der Waals surface area (Å²) in [5.74, 6) is 0.332. The SMILES string of the molecule is COc1cccc(F)c1CN1C[C@H](NC(=O)c2ccc3[nH]nc(-c4ccnc(C)c4)c3c2)CC[C@H]1C(=O)NCC1CCCC1. The second kappa shape index (κ2) is 13.1. The molecule has 10 heteroatoms. The van der Waals surface area contributed by atoms with Gasteiger partial charge < -0.3 is 15.4 Å². The Morgan fingerprint density at radius 2 is 1.93 bits per heavy atom. The van der Waals surface area contributed by atoms with Crippen LogP contribution in [0.4, 0.5) is 4.39 Å². The fourth-order valence-electron chi connectivity index (χ4n) is 6.63. The monoisotopic (exact) mass is 598 g/mol. The molecule has 2 aromatic heterocycles. The third kappa shape index (κ3) is 6.45. The normalized spacial score (nSPS) is 19.2. The van der Waals surface area contributed by atoms with E-state index in [0.717, 1.165) is 40.7 Å². The maximum absolute atomic E-state index is 15.0. The third-order valence-electron chi connectivity index (χ3n) is 9.01. The number of aromatic amines is 1. The van der Waals surface area contributed by atoms with Gasteiger partial charge in [-0.25, -0.2) is 4.39 Å². The molecular formula is C34H39FN6O3. The smallest absolute Gasteiger partial charge is 0.251 e. The third-order valence-corrected chi connectivity index (χ3v) is 9.01. The van der Waals surface area contributed by atoms with Gasteiger partial charge in [0.15, 0.2) is 0 Å². The molecule has 1 aliphatic carbocycles. The van der Waals surface area contributed by atoms with E-state index in [2.05, 4.69) is 25.8 Å². The number of H-pyrrole nitrogens is 1. The van der Waals surface area contributed by atoms with E-state index in [9.17, 15) is 14.0 Å². The molecule has 2 fully saturated rings. The number of likely N-dealkylation sites (tertiary alicyclic amines) is 1. The number of rotatable bonds is 9. The standard InChI is InChI=1S/C34H39FN6O3/c1-21-16-23(14-15-36-21)32-26-17-24(10-12-29(26)39-40-32)33(42)38-25-11-13-30(34(43)37-18-22-6-3-4-7-22)41(19-25)20-27-28(35)8-5-9-31(27)44-2/h5,8-10,12,14-17,22,25,30H,3-4,6-7,11,13,18-20H2,1-2H3,(H,37,43)(H,38,42)(H,39,40)/t25-,30+/m1/s1. The Hall–Kier alpha value is -4.31. The van der Waals surface area contributed by atoms with Crippen molar-refractivity contribution in [1.82, 2.24) is 30.7 Å².